The normalized spacial score (nSPS) is 14.3. The number of nitrogens with one attached hydrogen (secondary N) is 1. The molecule has 0 spiro atoms. The molecule has 0 saturated carbocycles. The Labute approximate surface area is 151 Å². The van der Waals surface area contributed by atoms with Crippen molar-refractivity contribution >= 4 is 40.6 Å². The molecule has 0 fully saturated rings. The fourth-order valence-corrected chi connectivity index (χ4v) is 2.99. The maximum Gasteiger partial charge on any atom is 0.249 e. The Bertz CT molecular complexity index is 626. The Morgan fingerprint density at radius 3 is 2.04 bits per heavy atom. The van der Waals surface area contributed by atoms with E-state index in [1.165, 1.54) is 0 Å². The Morgan fingerprint density at radius 1 is 1.00 bits per heavy atom. The molecule has 2 nitrogen and oxygen atoms in total. The molecule has 0 amide bonds. The number of benzene rings is 2. The maximum absolute atomic E-state index is 12.4. The molecule has 5 heteroatoms. The first-order chi connectivity index (χ1) is 10.9. The third-order valence-corrected chi connectivity index (χ3v) is 4.28. The summed E-state index contributed by atoms with van der Waals surface area (Å²) in [5, 5.41) is 3.41. The van der Waals surface area contributed by atoms with Crippen LogP contribution < -0.4 is 5.32 Å². The summed E-state index contributed by atoms with van der Waals surface area (Å²) in [6.07, 6.45) is 0. The molecule has 2 aromatic rings. The molecule has 0 saturated heterocycles. The molecule has 2 atom stereocenters. The molecule has 0 aliphatic rings. The van der Waals surface area contributed by atoms with Gasteiger partial charge in [-0.3, -0.25) is 4.79 Å². The lowest BCUT2D eigenvalue weighted by Crippen LogP contribution is -2.36. The zero-order chi connectivity index (χ0) is 16.9. The molecule has 0 aliphatic heterocycles. The molecule has 0 unspecified atom stereocenters. The first kappa shape index (κ1) is 18.3. The molecule has 23 heavy (non-hydrogen) atoms. The van der Waals surface area contributed by atoms with Crippen molar-refractivity contribution in [3.63, 3.8) is 0 Å². The molecule has 0 radical (unpaired) electrons. The summed E-state index contributed by atoms with van der Waals surface area (Å²) in [6, 6.07) is 19.4. The molecule has 2 rings (SSSR count). The Hall–Kier alpha value is -1.06. The van der Waals surface area contributed by atoms with Gasteiger partial charge in [0.1, 0.15) is 0 Å². The summed E-state index contributed by atoms with van der Waals surface area (Å²) in [6.45, 7) is 2.40. The number of rotatable bonds is 6. The third-order valence-electron chi connectivity index (χ3n) is 3.72. The van der Waals surface area contributed by atoms with Crippen LogP contribution in [0.25, 0.3) is 0 Å². The average Bonchev–Trinajstić information content (AvgIpc) is 2.55. The van der Waals surface area contributed by atoms with Gasteiger partial charge in [0.25, 0.3) is 0 Å². The zero-order valence-corrected chi connectivity index (χ0v) is 14.9. The van der Waals surface area contributed by atoms with Gasteiger partial charge in [0.2, 0.25) is 3.79 Å². The number of ketones is 1. The lowest BCUT2D eigenvalue weighted by Gasteiger charge is -2.27. The third kappa shape index (κ3) is 5.22. The molecule has 0 bridgehead atoms. The van der Waals surface area contributed by atoms with E-state index in [9.17, 15) is 4.79 Å². The second-order valence-corrected chi connectivity index (χ2v) is 7.69. The summed E-state index contributed by atoms with van der Waals surface area (Å²) in [4.78, 5) is 12.4. The second-order valence-electron chi connectivity index (χ2n) is 5.41. The van der Waals surface area contributed by atoms with Gasteiger partial charge in [0, 0.05) is 18.5 Å². The largest absolute Gasteiger partial charge is 0.305 e. The number of halogens is 3. The van der Waals surface area contributed by atoms with Crippen LogP contribution in [0.4, 0.5) is 0 Å². The zero-order valence-electron chi connectivity index (χ0n) is 12.7. The van der Waals surface area contributed by atoms with Crippen molar-refractivity contribution in [1.82, 2.24) is 5.32 Å². The number of Topliss-reactive ketones (excluding diaryl/α,β-unsaturated/α-hetero) is 1. The summed E-state index contributed by atoms with van der Waals surface area (Å²) < 4.78 is -1.92. The van der Waals surface area contributed by atoms with E-state index in [4.69, 9.17) is 34.8 Å². The molecular weight excluding hydrogens is 353 g/mol. The number of carbonyl (C=O) groups is 1. The SMILES string of the molecule is C[C@H](C(=O)C(Cl)(Cl)Cl)[C@H](NCc1ccccc1)c1ccccc1. The van der Waals surface area contributed by atoms with Crippen molar-refractivity contribution in [2.24, 2.45) is 5.92 Å². The lowest BCUT2D eigenvalue weighted by atomic mass is 9.91. The van der Waals surface area contributed by atoms with Gasteiger partial charge in [-0.15, -0.1) is 0 Å². The number of alkyl halides is 3. The maximum atomic E-state index is 12.4. The Morgan fingerprint density at radius 2 is 1.52 bits per heavy atom. The van der Waals surface area contributed by atoms with Gasteiger partial charge < -0.3 is 5.32 Å². The van der Waals surface area contributed by atoms with E-state index < -0.39 is 15.5 Å². The van der Waals surface area contributed by atoms with Crippen molar-refractivity contribution in [2.45, 2.75) is 23.3 Å². The summed E-state index contributed by atoms with van der Waals surface area (Å²) >= 11 is 17.3. The Kier molecular flexibility index (Phi) is 6.49. The minimum absolute atomic E-state index is 0.237. The van der Waals surface area contributed by atoms with E-state index in [1.54, 1.807) is 6.92 Å². The highest BCUT2D eigenvalue weighted by Crippen LogP contribution is 2.35. The van der Waals surface area contributed by atoms with Crippen LogP contribution in [0.5, 0.6) is 0 Å². The number of hydrogen-bond donors (Lipinski definition) is 1. The summed E-state index contributed by atoms with van der Waals surface area (Å²) in [7, 11) is 0. The van der Waals surface area contributed by atoms with Gasteiger partial charge in [-0.1, -0.05) is 102 Å². The van der Waals surface area contributed by atoms with Gasteiger partial charge in [-0.05, 0) is 11.1 Å². The van der Waals surface area contributed by atoms with Crippen LogP contribution in [0.15, 0.2) is 60.7 Å². The van der Waals surface area contributed by atoms with Crippen molar-refractivity contribution in [1.29, 1.82) is 0 Å². The molecule has 1 N–H and O–H groups in total. The van der Waals surface area contributed by atoms with Crippen LogP contribution in [-0.4, -0.2) is 9.58 Å². The molecule has 0 aromatic heterocycles. The van der Waals surface area contributed by atoms with Crippen LogP contribution in [0.2, 0.25) is 0 Å². The molecule has 2 aromatic carbocycles. The predicted molar refractivity (Wildman–Crippen MR) is 96.9 cm³/mol. The minimum Gasteiger partial charge on any atom is -0.305 e. The van der Waals surface area contributed by atoms with Crippen LogP contribution in [0.1, 0.15) is 24.1 Å². The highest BCUT2D eigenvalue weighted by Gasteiger charge is 2.38. The van der Waals surface area contributed by atoms with Gasteiger partial charge in [0.05, 0.1) is 0 Å². The highest BCUT2D eigenvalue weighted by molar-refractivity contribution is 6.76. The summed E-state index contributed by atoms with van der Waals surface area (Å²) in [5.41, 5.74) is 2.11. The molecule has 0 aliphatic carbocycles. The standard InChI is InChI=1S/C18H18Cl3NO/c1-13(17(23)18(19,20)21)16(15-10-6-3-7-11-15)22-12-14-8-4-2-5-9-14/h2-11,13,16,22H,12H2,1H3/t13-,16-/m0/s1. The fraction of sp³-hybridized carbons (Fsp3) is 0.278. The lowest BCUT2D eigenvalue weighted by molar-refractivity contribution is -0.122. The van der Waals surface area contributed by atoms with Gasteiger partial charge in [0.15, 0.2) is 5.78 Å². The van der Waals surface area contributed by atoms with Crippen molar-refractivity contribution < 1.29 is 4.79 Å². The predicted octanol–water partition coefficient (Wildman–Crippen LogP) is 5.09. The quantitative estimate of drug-likeness (QED) is 0.717. The average molecular weight is 371 g/mol. The topological polar surface area (TPSA) is 29.1 Å². The van der Waals surface area contributed by atoms with Crippen LogP contribution in [-0.2, 0) is 11.3 Å². The van der Waals surface area contributed by atoms with E-state index >= 15 is 0 Å². The molecule has 0 heterocycles. The number of hydrogen-bond acceptors (Lipinski definition) is 2. The van der Waals surface area contributed by atoms with Crippen LogP contribution in [0, 0.1) is 5.92 Å². The highest BCUT2D eigenvalue weighted by atomic mass is 35.6. The molecule has 122 valence electrons. The molecular formula is C18H18Cl3NO. The first-order valence-electron chi connectivity index (χ1n) is 7.33. The Balaban J connectivity index is 2.20. The van der Waals surface area contributed by atoms with Crippen LogP contribution >= 0.6 is 34.8 Å². The van der Waals surface area contributed by atoms with Gasteiger partial charge in [-0.2, -0.15) is 0 Å². The first-order valence-corrected chi connectivity index (χ1v) is 8.46. The van der Waals surface area contributed by atoms with Crippen molar-refractivity contribution in [2.75, 3.05) is 0 Å². The van der Waals surface area contributed by atoms with E-state index in [0.29, 0.717) is 6.54 Å². The van der Waals surface area contributed by atoms with E-state index in [1.807, 2.05) is 60.7 Å². The van der Waals surface area contributed by atoms with Crippen molar-refractivity contribution in [3.8, 4) is 0 Å². The van der Waals surface area contributed by atoms with E-state index in [2.05, 4.69) is 5.32 Å². The monoisotopic (exact) mass is 369 g/mol. The smallest absolute Gasteiger partial charge is 0.249 e. The minimum atomic E-state index is -1.92. The number of carbonyl (C=O) groups excluding carboxylic acids is 1. The van der Waals surface area contributed by atoms with Crippen LogP contribution in [0.3, 0.4) is 0 Å². The van der Waals surface area contributed by atoms with Gasteiger partial charge >= 0.3 is 0 Å². The second kappa shape index (κ2) is 8.16. The summed E-state index contributed by atoms with van der Waals surface area (Å²) in [5.74, 6) is -0.898. The van der Waals surface area contributed by atoms with Crippen molar-refractivity contribution in [3.05, 3.63) is 71.8 Å². The van der Waals surface area contributed by atoms with E-state index in [-0.39, 0.29) is 6.04 Å². The van der Waals surface area contributed by atoms with E-state index in [0.717, 1.165) is 11.1 Å². The fourth-order valence-electron chi connectivity index (χ4n) is 2.48. The van der Waals surface area contributed by atoms with Gasteiger partial charge in [-0.25, -0.2) is 0 Å².